The molecule has 2 nitrogen and oxygen atoms in total. The van der Waals surface area contributed by atoms with Gasteiger partial charge in [-0.2, -0.15) is 0 Å². The molecule has 0 radical (unpaired) electrons. The number of para-hydroxylation sites is 2. The lowest BCUT2D eigenvalue weighted by molar-refractivity contribution is 0.661. The Balaban J connectivity index is 0.933. The van der Waals surface area contributed by atoms with E-state index in [-0.39, 0.29) is 5.41 Å². The zero-order valence-electron chi connectivity index (χ0n) is 36.7. The number of rotatable bonds is 7. The highest BCUT2D eigenvalue weighted by atomic mass is 32.1. The standard InChI is InChI=1S/C63H44N2S/c1-63(2)55-23-11-9-19-50(55)51-22-14-26-58(62(51)63)64(47-33-27-42(28-34-47)45-32-38-60-54(40-45)53-39-44(31-37-59(53)66-60)41-15-5-3-6-16-41)48-35-29-43(30-36-48)49-21-13-25-57-61(49)52-20-10-12-24-56(52)65(57)46-17-7-4-8-18-46/h3-40H,1-2H3. The topological polar surface area (TPSA) is 8.17 Å². The Bertz CT molecular complexity index is 3820. The van der Waals surface area contributed by atoms with Crippen molar-refractivity contribution >= 4 is 70.4 Å². The van der Waals surface area contributed by atoms with Crippen LogP contribution in [0.5, 0.6) is 0 Å². The average Bonchev–Trinajstić information content (AvgIpc) is 4.00. The molecule has 0 amide bonds. The maximum atomic E-state index is 2.47. The summed E-state index contributed by atoms with van der Waals surface area (Å²) >= 11 is 1.87. The van der Waals surface area contributed by atoms with Crippen LogP contribution in [0.25, 0.3) is 92.2 Å². The third-order valence-electron chi connectivity index (χ3n) is 14.0. The average molecular weight is 861 g/mol. The van der Waals surface area contributed by atoms with Crippen molar-refractivity contribution in [1.82, 2.24) is 4.57 Å². The number of fused-ring (bicyclic) bond motifs is 9. The van der Waals surface area contributed by atoms with Crippen LogP contribution in [0.2, 0.25) is 0 Å². The van der Waals surface area contributed by atoms with E-state index in [2.05, 4.69) is 254 Å². The first-order valence-corrected chi connectivity index (χ1v) is 23.6. The fraction of sp³-hybridized carbons (Fsp3) is 0.0476. The van der Waals surface area contributed by atoms with E-state index in [1.807, 2.05) is 11.3 Å². The van der Waals surface area contributed by atoms with Gasteiger partial charge in [0.15, 0.2) is 0 Å². The van der Waals surface area contributed by atoms with E-state index in [1.54, 1.807) is 0 Å². The molecule has 3 heteroatoms. The summed E-state index contributed by atoms with van der Waals surface area (Å²) in [7, 11) is 0. The first kappa shape index (κ1) is 38.5. The molecule has 1 aliphatic carbocycles. The fourth-order valence-corrected chi connectivity index (χ4v) is 12.0. The van der Waals surface area contributed by atoms with Gasteiger partial charge in [-0.15, -0.1) is 11.3 Å². The van der Waals surface area contributed by atoms with Gasteiger partial charge >= 0.3 is 0 Å². The molecule has 0 saturated carbocycles. The van der Waals surface area contributed by atoms with Crippen LogP contribution in [0.4, 0.5) is 17.1 Å². The molecule has 2 aromatic heterocycles. The van der Waals surface area contributed by atoms with Crippen molar-refractivity contribution in [2.75, 3.05) is 4.90 Å². The summed E-state index contributed by atoms with van der Waals surface area (Å²) in [5.74, 6) is 0. The predicted octanol–water partition coefficient (Wildman–Crippen LogP) is 17.9. The predicted molar refractivity (Wildman–Crippen MR) is 282 cm³/mol. The molecule has 0 spiro atoms. The van der Waals surface area contributed by atoms with Crippen LogP contribution in [0.3, 0.4) is 0 Å². The molecule has 10 aromatic carbocycles. The minimum atomic E-state index is -0.192. The van der Waals surface area contributed by atoms with E-state index in [1.165, 1.54) is 103 Å². The van der Waals surface area contributed by atoms with E-state index < -0.39 is 0 Å². The van der Waals surface area contributed by atoms with Gasteiger partial charge in [-0.3, -0.25) is 0 Å². The molecule has 0 saturated heterocycles. The second-order valence-corrected chi connectivity index (χ2v) is 19.2. The Hall–Kier alpha value is -7.98. The maximum Gasteiger partial charge on any atom is 0.0547 e. The highest BCUT2D eigenvalue weighted by molar-refractivity contribution is 7.25. The summed E-state index contributed by atoms with van der Waals surface area (Å²) in [6.07, 6.45) is 0. The molecule has 2 heterocycles. The Labute approximate surface area is 388 Å². The van der Waals surface area contributed by atoms with Gasteiger partial charge in [0.2, 0.25) is 0 Å². The number of thiophene rings is 1. The summed E-state index contributed by atoms with van der Waals surface area (Å²) in [5, 5.41) is 5.13. The van der Waals surface area contributed by atoms with Crippen molar-refractivity contribution in [3.8, 4) is 50.2 Å². The minimum absolute atomic E-state index is 0.192. The lowest BCUT2D eigenvalue weighted by Gasteiger charge is -2.32. The van der Waals surface area contributed by atoms with Gasteiger partial charge in [0.1, 0.15) is 0 Å². The van der Waals surface area contributed by atoms with E-state index in [0.29, 0.717) is 0 Å². The molecule has 12 aromatic rings. The lowest BCUT2D eigenvalue weighted by Crippen LogP contribution is -2.20. The van der Waals surface area contributed by atoms with Crippen LogP contribution in [0.15, 0.2) is 231 Å². The van der Waals surface area contributed by atoms with Crippen molar-refractivity contribution in [1.29, 1.82) is 0 Å². The molecule has 66 heavy (non-hydrogen) atoms. The molecule has 0 unspecified atom stereocenters. The zero-order chi connectivity index (χ0) is 43.9. The van der Waals surface area contributed by atoms with Gasteiger partial charge in [0, 0.05) is 53.4 Å². The Morgan fingerprint density at radius 2 is 0.924 bits per heavy atom. The van der Waals surface area contributed by atoms with E-state index >= 15 is 0 Å². The second kappa shape index (κ2) is 15.1. The summed E-state index contributed by atoms with van der Waals surface area (Å²) in [5.41, 5.74) is 19.5. The largest absolute Gasteiger partial charge is 0.310 e. The minimum Gasteiger partial charge on any atom is -0.310 e. The Morgan fingerprint density at radius 1 is 0.394 bits per heavy atom. The van der Waals surface area contributed by atoms with Gasteiger partial charge in [0.25, 0.3) is 0 Å². The van der Waals surface area contributed by atoms with Crippen molar-refractivity contribution in [2.24, 2.45) is 0 Å². The number of aromatic nitrogens is 1. The summed E-state index contributed by atoms with van der Waals surface area (Å²) in [6.45, 7) is 4.76. The second-order valence-electron chi connectivity index (χ2n) is 18.1. The molecule has 0 fully saturated rings. The Kier molecular flexibility index (Phi) is 8.78. The molecule has 0 aliphatic heterocycles. The number of hydrogen-bond donors (Lipinski definition) is 0. The molecule has 312 valence electrons. The van der Waals surface area contributed by atoms with Gasteiger partial charge in [-0.1, -0.05) is 166 Å². The third-order valence-corrected chi connectivity index (χ3v) is 15.1. The van der Waals surface area contributed by atoms with Crippen molar-refractivity contribution in [2.45, 2.75) is 19.3 Å². The van der Waals surface area contributed by atoms with Crippen LogP contribution >= 0.6 is 11.3 Å². The summed E-state index contributed by atoms with van der Waals surface area (Å²) < 4.78 is 5.02. The van der Waals surface area contributed by atoms with E-state index in [4.69, 9.17) is 0 Å². The number of benzene rings is 10. The maximum absolute atomic E-state index is 2.47. The molecule has 1 aliphatic rings. The third kappa shape index (κ3) is 6.01. The van der Waals surface area contributed by atoms with Crippen molar-refractivity contribution < 1.29 is 0 Å². The molecule has 0 atom stereocenters. The molecular formula is C63H44N2S. The lowest BCUT2D eigenvalue weighted by atomic mass is 9.81. The molecule has 0 bridgehead atoms. The van der Waals surface area contributed by atoms with Gasteiger partial charge in [-0.05, 0) is 134 Å². The van der Waals surface area contributed by atoms with E-state index in [9.17, 15) is 0 Å². The molecule has 0 N–H and O–H groups in total. The highest BCUT2D eigenvalue weighted by Crippen LogP contribution is 2.54. The fourth-order valence-electron chi connectivity index (χ4n) is 10.9. The van der Waals surface area contributed by atoms with Crippen LogP contribution in [0.1, 0.15) is 25.0 Å². The highest BCUT2D eigenvalue weighted by Gasteiger charge is 2.38. The first-order chi connectivity index (χ1) is 32.5. The van der Waals surface area contributed by atoms with Gasteiger partial charge in [0.05, 0.1) is 16.7 Å². The summed E-state index contributed by atoms with van der Waals surface area (Å²) in [6, 6.07) is 85.0. The number of hydrogen-bond acceptors (Lipinski definition) is 2. The zero-order valence-corrected chi connectivity index (χ0v) is 37.6. The van der Waals surface area contributed by atoms with Crippen LogP contribution in [0, 0.1) is 0 Å². The Morgan fingerprint density at radius 3 is 1.64 bits per heavy atom. The smallest absolute Gasteiger partial charge is 0.0547 e. The first-order valence-electron chi connectivity index (χ1n) is 22.8. The monoisotopic (exact) mass is 860 g/mol. The van der Waals surface area contributed by atoms with Gasteiger partial charge < -0.3 is 9.47 Å². The number of anilines is 3. The quantitative estimate of drug-likeness (QED) is 0.155. The molecule has 13 rings (SSSR count). The molecular weight excluding hydrogens is 817 g/mol. The van der Waals surface area contributed by atoms with Crippen molar-refractivity contribution in [3.63, 3.8) is 0 Å². The van der Waals surface area contributed by atoms with E-state index in [0.717, 1.165) is 17.1 Å². The SMILES string of the molecule is CC1(C)c2ccccc2-c2cccc(N(c3ccc(-c4ccc5sc6ccc(-c7ccccc7)cc6c5c4)cc3)c3ccc(-c4cccc5c4c4ccccc4n5-c4ccccc4)cc3)c21. The van der Waals surface area contributed by atoms with Crippen LogP contribution < -0.4 is 4.90 Å². The van der Waals surface area contributed by atoms with Crippen LogP contribution in [-0.2, 0) is 5.41 Å². The normalized spacial score (nSPS) is 12.8. The van der Waals surface area contributed by atoms with Crippen LogP contribution in [-0.4, -0.2) is 4.57 Å². The summed E-state index contributed by atoms with van der Waals surface area (Å²) in [4.78, 5) is 2.47. The van der Waals surface area contributed by atoms with Crippen molar-refractivity contribution in [3.05, 3.63) is 242 Å². The number of nitrogens with zero attached hydrogens (tertiary/aromatic N) is 2. The van der Waals surface area contributed by atoms with Gasteiger partial charge in [-0.25, -0.2) is 0 Å².